The summed E-state index contributed by atoms with van der Waals surface area (Å²) in [6, 6.07) is -5.03. The largest absolute Gasteiger partial charge is 0.463 e. The van der Waals surface area contributed by atoms with Crippen molar-refractivity contribution in [3.8, 4) is 0 Å². The quantitative estimate of drug-likeness (QED) is 0.118. The number of alkyl carbamates (subject to hydrolysis) is 2. The van der Waals surface area contributed by atoms with Gasteiger partial charge in [0.25, 0.3) is 0 Å². The van der Waals surface area contributed by atoms with Crippen LogP contribution < -0.4 is 10.6 Å². The molecule has 1 saturated carbocycles. The van der Waals surface area contributed by atoms with Gasteiger partial charge in [0.05, 0.1) is 68.7 Å². The minimum Gasteiger partial charge on any atom is -0.463 e. The molecule has 4 rings (SSSR count). The van der Waals surface area contributed by atoms with Crippen molar-refractivity contribution in [2.45, 2.75) is 237 Å². The van der Waals surface area contributed by atoms with Gasteiger partial charge in [0, 0.05) is 7.05 Å². The van der Waals surface area contributed by atoms with Crippen LogP contribution in [-0.4, -0.2) is 200 Å². The van der Waals surface area contributed by atoms with E-state index >= 15 is 0 Å². The Kier molecular flexibility index (Phi) is 19.3. The lowest BCUT2D eigenvalue weighted by Crippen LogP contribution is -2.68. The summed E-state index contributed by atoms with van der Waals surface area (Å²) in [5.41, 5.74) is -5.75. The van der Waals surface area contributed by atoms with Gasteiger partial charge in [-0.05, 0) is 130 Å². The Morgan fingerprint density at radius 1 is 0.722 bits per heavy atom. The summed E-state index contributed by atoms with van der Waals surface area (Å²) >= 11 is 0. The first-order valence-electron chi connectivity index (χ1n) is 24.2. The van der Waals surface area contributed by atoms with Crippen molar-refractivity contribution < 1.29 is 96.7 Å². The van der Waals surface area contributed by atoms with Crippen LogP contribution in [0, 0.1) is 0 Å². The van der Waals surface area contributed by atoms with Gasteiger partial charge in [0.15, 0.2) is 12.1 Å². The fourth-order valence-corrected chi connectivity index (χ4v) is 8.56. The number of rotatable bonds is 12. The highest BCUT2D eigenvalue weighted by atomic mass is 16.8. The molecule has 3 saturated heterocycles. The number of amides is 6. The number of nitrogens with one attached hydrogen (secondary N) is 2. The topological polar surface area (TPSA) is 309 Å². The number of hydrogen-bond acceptors (Lipinski definition) is 19. The normalized spacial score (nSPS) is 31.1. The molecule has 0 aromatic rings. The predicted molar refractivity (Wildman–Crippen MR) is 251 cm³/mol. The number of likely N-dealkylation sites (N-methyl/N-ethyl adjacent to an activating group) is 1. The maximum Gasteiger partial charge on any atom is 0.431 e. The zero-order chi connectivity index (χ0) is 54.7. The number of imide groups is 1. The van der Waals surface area contributed by atoms with E-state index in [1.807, 2.05) is 0 Å². The van der Waals surface area contributed by atoms with Gasteiger partial charge >= 0.3 is 30.5 Å². The smallest absolute Gasteiger partial charge is 0.431 e. The Morgan fingerprint density at radius 3 is 1.78 bits per heavy atom. The molecule has 6 amide bonds. The molecule has 2 unspecified atom stereocenters. The number of nitrogens with zero attached hydrogens (tertiary/aromatic N) is 3. The molecule has 72 heavy (non-hydrogen) atoms. The number of carbonyl (C=O) groups excluding carboxylic acids is 5. The van der Waals surface area contributed by atoms with Crippen molar-refractivity contribution >= 4 is 36.4 Å². The molecule has 0 aromatic carbocycles. The third-order valence-corrected chi connectivity index (χ3v) is 11.4. The van der Waals surface area contributed by atoms with E-state index in [0.717, 1.165) is 9.80 Å². The molecule has 3 aliphatic heterocycles. The fraction of sp³-hybridized carbons (Fsp3) is 0.872. The van der Waals surface area contributed by atoms with Crippen LogP contribution >= 0.6 is 0 Å². The molecule has 0 spiro atoms. The van der Waals surface area contributed by atoms with Crippen molar-refractivity contribution in [3.63, 3.8) is 0 Å². The molecule has 1 aliphatic carbocycles. The average Bonchev–Trinajstić information content (AvgIpc) is 3.52. The van der Waals surface area contributed by atoms with Crippen molar-refractivity contribution in [3.05, 3.63) is 0 Å². The van der Waals surface area contributed by atoms with E-state index in [4.69, 9.17) is 47.5 Å². The molecular weight excluding hydrogens is 955 g/mol. The SMILES string of the molecule is CN(C(=O)OC(C)(C)C)[C@@H]1[C@@H](O)[C@@H](ON(C(=O)O)C2C[C@H](NC(=O)OC(C)(C)C)[C@@H](O[C@H]3O[C@H](CN(C(=O)CC4COC(C)(C)O4)C(=O)OC(C)(C)C)CC[C@H]3NC(=O)OC(C)(C)C)[C@@H](O)C2)OC[C@]1(C)O. The summed E-state index contributed by atoms with van der Waals surface area (Å²) in [6.07, 6.45) is -15.9. The van der Waals surface area contributed by atoms with Crippen LogP contribution in [0.25, 0.3) is 0 Å². The van der Waals surface area contributed by atoms with Gasteiger partial charge < -0.3 is 78.6 Å². The highest BCUT2D eigenvalue weighted by Gasteiger charge is 2.53. The van der Waals surface area contributed by atoms with Crippen LogP contribution in [0.4, 0.5) is 24.0 Å². The lowest BCUT2D eigenvalue weighted by atomic mass is 9.85. The number of aliphatic hydroxyl groups is 3. The van der Waals surface area contributed by atoms with Gasteiger partial charge in [-0.25, -0.2) is 33.7 Å². The van der Waals surface area contributed by atoms with Crippen LogP contribution in [0.3, 0.4) is 0 Å². The van der Waals surface area contributed by atoms with Crippen molar-refractivity contribution in [2.75, 3.05) is 26.8 Å². The Bertz CT molecular complexity index is 1910. The molecule has 0 radical (unpaired) electrons. The summed E-state index contributed by atoms with van der Waals surface area (Å²) in [6.45, 7) is 23.6. The highest BCUT2D eigenvalue weighted by Crippen LogP contribution is 2.35. The standard InChI is InChI=1S/C47H81N5O20/c1-42(2,3)68-37(56)48-28-18-17-26(22-51(41(61)71-45(10,11)12)31(54)21-27-23-64-46(13,14)67-27)65-35(28)66-33-29(49-38(57)69-43(4,5)6)19-25(20-30(33)53)52(39(58)59)72-36-32(55)34(47(15,62)24-63-36)50(16)40(60)70-44(7,8)9/h25-30,32-36,53,55,62H,17-24H2,1-16H3,(H,48,56)(H,49,57)(H,58,59)/t25?,26-,27?,28+,29-,30-,32+,33+,34+,35+,36+,47-/m0/s1. The Balaban J connectivity index is 1.66. The molecule has 25 nitrogen and oxygen atoms in total. The average molecular weight is 1040 g/mol. The molecule has 4 aliphatic rings. The number of aliphatic hydroxyl groups excluding tert-OH is 2. The molecule has 414 valence electrons. The second-order valence-electron chi connectivity index (χ2n) is 23.4. The van der Waals surface area contributed by atoms with Crippen LogP contribution in [0.5, 0.6) is 0 Å². The predicted octanol–water partition coefficient (Wildman–Crippen LogP) is 4.11. The number of ether oxygens (including phenoxy) is 9. The van der Waals surface area contributed by atoms with Crippen LogP contribution in [0.15, 0.2) is 0 Å². The van der Waals surface area contributed by atoms with E-state index in [1.165, 1.54) is 14.0 Å². The van der Waals surface area contributed by atoms with Gasteiger partial charge in [0.1, 0.15) is 40.2 Å². The summed E-state index contributed by atoms with van der Waals surface area (Å²) in [5, 5.41) is 51.2. The summed E-state index contributed by atoms with van der Waals surface area (Å²) in [7, 11) is 1.28. The van der Waals surface area contributed by atoms with Crippen LogP contribution in [0.2, 0.25) is 0 Å². The first-order valence-corrected chi connectivity index (χ1v) is 24.2. The lowest BCUT2D eigenvalue weighted by molar-refractivity contribution is -0.346. The molecule has 25 heteroatoms. The van der Waals surface area contributed by atoms with Crippen molar-refractivity contribution in [2.24, 2.45) is 0 Å². The van der Waals surface area contributed by atoms with E-state index in [0.29, 0.717) is 5.06 Å². The monoisotopic (exact) mass is 1040 g/mol. The van der Waals surface area contributed by atoms with Crippen molar-refractivity contribution in [1.29, 1.82) is 0 Å². The van der Waals surface area contributed by atoms with Crippen LogP contribution in [0.1, 0.15) is 136 Å². The summed E-state index contributed by atoms with van der Waals surface area (Å²) in [4.78, 5) is 88.1. The third kappa shape index (κ3) is 18.0. The molecule has 12 atom stereocenters. The zero-order valence-corrected chi connectivity index (χ0v) is 44.7. The Labute approximate surface area is 421 Å². The number of carboxylic acid groups (broad SMARTS) is 1. The highest BCUT2D eigenvalue weighted by molar-refractivity contribution is 5.92. The third-order valence-electron chi connectivity index (χ3n) is 11.4. The summed E-state index contributed by atoms with van der Waals surface area (Å²) in [5.74, 6) is -1.59. The maximum atomic E-state index is 13.9. The van der Waals surface area contributed by atoms with Gasteiger partial charge in [-0.15, -0.1) is 0 Å². The van der Waals surface area contributed by atoms with Gasteiger partial charge in [0.2, 0.25) is 12.2 Å². The van der Waals surface area contributed by atoms with Crippen LogP contribution in [-0.2, 0) is 52.3 Å². The number of hydroxylamine groups is 2. The second-order valence-corrected chi connectivity index (χ2v) is 23.4. The minimum absolute atomic E-state index is 0.0988. The fourth-order valence-electron chi connectivity index (χ4n) is 8.56. The molecular formula is C47H81N5O20. The van der Waals surface area contributed by atoms with E-state index in [2.05, 4.69) is 10.6 Å². The first-order chi connectivity index (χ1) is 32.7. The second kappa shape index (κ2) is 23.1. The van der Waals surface area contributed by atoms with Gasteiger partial charge in [-0.1, -0.05) is 0 Å². The Morgan fingerprint density at radius 2 is 1.26 bits per heavy atom. The summed E-state index contributed by atoms with van der Waals surface area (Å²) < 4.78 is 52.2. The van der Waals surface area contributed by atoms with Gasteiger partial charge in [-0.3, -0.25) is 4.79 Å². The van der Waals surface area contributed by atoms with Crippen molar-refractivity contribution in [1.82, 2.24) is 25.5 Å². The van der Waals surface area contributed by atoms with E-state index in [-0.39, 0.29) is 38.8 Å². The maximum absolute atomic E-state index is 13.9. The molecule has 4 fully saturated rings. The molecule has 0 aromatic heterocycles. The van der Waals surface area contributed by atoms with Gasteiger partial charge in [-0.2, -0.15) is 5.06 Å². The van der Waals surface area contributed by atoms with E-state index in [1.54, 1.807) is 96.9 Å². The zero-order valence-electron chi connectivity index (χ0n) is 44.7. The number of hydrogen-bond donors (Lipinski definition) is 6. The van der Waals surface area contributed by atoms with E-state index < -0.39 is 150 Å². The molecule has 3 heterocycles. The van der Waals surface area contributed by atoms with E-state index in [9.17, 15) is 49.2 Å². The molecule has 0 bridgehead atoms. The first kappa shape index (κ1) is 60.2. The molecule has 6 N–H and O–H groups in total. The number of carbonyl (C=O) groups is 6. The Hall–Kier alpha value is -4.34. The lowest BCUT2D eigenvalue weighted by Gasteiger charge is -2.49. The minimum atomic E-state index is -1.87.